The lowest BCUT2D eigenvalue weighted by Gasteiger charge is -2.10. The summed E-state index contributed by atoms with van der Waals surface area (Å²) in [6.07, 6.45) is 0. The van der Waals surface area contributed by atoms with Crippen molar-refractivity contribution in [2.24, 2.45) is 7.05 Å². The van der Waals surface area contributed by atoms with Crippen LogP contribution in [0.25, 0.3) is 11.3 Å². The molecule has 0 saturated heterocycles. The first-order valence-corrected chi connectivity index (χ1v) is 7.25. The molecule has 0 fully saturated rings. The first kappa shape index (κ1) is 14.1. The highest BCUT2D eigenvalue weighted by Crippen LogP contribution is 2.29. The number of nitrogens with zero attached hydrogens (tertiary/aromatic N) is 2. The molecule has 104 valence electrons. The molecule has 1 N–H and O–H groups in total. The summed E-state index contributed by atoms with van der Waals surface area (Å²) in [5, 5.41) is 6.40. The van der Waals surface area contributed by atoms with Gasteiger partial charge < -0.3 is 14.6 Å². The maximum atomic E-state index is 5.12. The third-order valence-electron chi connectivity index (χ3n) is 3.34. The number of aryl methyl sites for hydroxylation is 1. The van der Waals surface area contributed by atoms with Gasteiger partial charge in [-0.3, -0.25) is 0 Å². The summed E-state index contributed by atoms with van der Waals surface area (Å²) >= 11 is 1.64. The Labute approximate surface area is 118 Å². The van der Waals surface area contributed by atoms with Crippen LogP contribution in [0.2, 0.25) is 0 Å². The van der Waals surface area contributed by atoms with Gasteiger partial charge in [0.1, 0.15) is 0 Å². The minimum atomic E-state index is 0.266. The standard InChI is InChI=1S/C14H21N3OS/c1-9(7-18-5)15-14-16-13(8-19-14)12-6-10(2)17(4)11(12)3/h6,8-9H,7H2,1-5H3,(H,15,16)/t9-/m0/s1. The van der Waals surface area contributed by atoms with Gasteiger partial charge in [0.25, 0.3) is 0 Å². The number of nitrogens with one attached hydrogen (secondary N) is 1. The zero-order chi connectivity index (χ0) is 14.0. The fourth-order valence-electron chi connectivity index (χ4n) is 2.08. The fourth-order valence-corrected chi connectivity index (χ4v) is 2.90. The molecule has 0 aliphatic carbocycles. The third kappa shape index (κ3) is 2.98. The summed E-state index contributed by atoms with van der Waals surface area (Å²) in [7, 11) is 3.79. The summed E-state index contributed by atoms with van der Waals surface area (Å²) in [5.74, 6) is 0. The van der Waals surface area contributed by atoms with E-state index in [1.807, 2.05) is 0 Å². The largest absolute Gasteiger partial charge is 0.383 e. The molecule has 0 bridgehead atoms. The number of thiazole rings is 1. The molecule has 2 aromatic heterocycles. The van der Waals surface area contributed by atoms with Gasteiger partial charge in [-0.25, -0.2) is 4.98 Å². The Bertz CT molecular complexity index is 559. The van der Waals surface area contributed by atoms with Gasteiger partial charge in [-0.05, 0) is 26.8 Å². The summed E-state index contributed by atoms with van der Waals surface area (Å²) < 4.78 is 7.31. The number of aromatic nitrogens is 2. The topological polar surface area (TPSA) is 39.1 Å². The predicted octanol–water partition coefficient (Wildman–Crippen LogP) is 3.21. The molecular weight excluding hydrogens is 258 g/mol. The van der Waals surface area contributed by atoms with E-state index in [0.717, 1.165) is 10.8 Å². The lowest BCUT2D eigenvalue weighted by Crippen LogP contribution is -2.20. The number of hydrogen-bond donors (Lipinski definition) is 1. The van der Waals surface area contributed by atoms with Crippen molar-refractivity contribution >= 4 is 16.5 Å². The van der Waals surface area contributed by atoms with Gasteiger partial charge in [-0.1, -0.05) is 0 Å². The van der Waals surface area contributed by atoms with Crippen LogP contribution in [0.5, 0.6) is 0 Å². The van der Waals surface area contributed by atoms with E-state index in [4.69, 9.17) is 4.74 Å². The molecule has 4 nitrogen and oxygen atoms in total. The molecule has 0 saturated carbocycles. The number of rotatable bonds is 5. The van der Waals surface area contributed by atoms with E-state index in [1.54, 1.807) is 18.4 Å². The predicted molar refractivity (Wildman–Crippen MR) is 81.0 cm³/mol. The Morgan fingerprint density at radius 3 is 2.79 bits per heavy atom. The zero-order valence-corrected chi connectivity index (χ0v) is 13.0. The highest BCUT2D eigenvalue weighted by molar-refractivity contribution is 7.14. The van der Waals surface area contributed by atoms with Crippen LogP contribution in [-0.4, -0.2) is 29.3 Å². The van der Waals surface area contributed by atoms with E-state index in [-0.39, 0.29) is 6.04 Å². The third-order valence-corrected chi connectivity index (χ3v) is 4.12. The average molecular weight is 279 g/mol. The van der Waals surface area contributed by atoms with Crippen molar-refractivity contribution in [2.45, 2.75) is 26.8 Å². The average Bonchev–Trinajstić information content (AvgIpc) is 2.90. The van der Waals surface area contributed by atoms with E-state index in [0.29, 0.717) is 6.61 Å². The van der Waals surface area contributed by atoms with E-state index in [2.05, 4.69) is 54.1 Å². The molecule has 0 aliphatic heterocycles. The van der Waals surface area contributed by atoms with Gasteiger partial charge in [0, 0.05) is 42.5 Å². The normalized spacial score (nSPS) is 12.7. The Kier molecular flexibility index (Phi) is 4.27. The number of ether oxygens (including phenoxy) is 1. The van der Waals surface area contributed by atoms with Gasteiger partial charge >= 0.3 is 0 Å². The highest BCUT2D eigenvalue weighted by atomic mass is 32.1. The molecule has 0 amide bonds. The molecule has 0 unspecified atom stereocenters. The van der Waals surface area contributed by atoms with E-state index in [9.17, 15) is 0 Å². The van der Waals surface area contributed by atoms with Crippen LogP contribution in [0.1, 0.15) is 18.3 Å². The lowest BCUT2D eigenvalue weighted by molar-refractivity contribution is 0.190. The SMILES string of the molecule is COC[C@H](C)Nc1nc(-c2cc(C)n(C)c2C)cs1. The van der Waals surface area contributed by atoms with Crippen LogP contribution in [0.15, 0.2) is 11.4 Å². The van der Waals surface area contributed by atoms with Crippen LogP contribution >= 0.6 is 11.3 Å². The Hall–Kier alpha value is -1.33. The van der Waals surface area contributed by atoms with Crippen molar-refractivity contribution in [3.05, 3.63) is 22.8 Å². The number of methoxy groups -OCH3 is 1. The van der Waals surface area contributed by atoms with Crippen LogP contribution in [-0.2, 0) is 11.8 Å². The molecule has 0 radical (unpaired) electrons. The second-order valence-corrected chi connectivity index (χ2v) is 5.74. The summed E-state index contributed by atoms with van der Waals surface area (Å²) in [6.45, 7) is 7.01. The maximum Gasteiger partial charge on any atom is 0.183 e. The fraction of sp³-hybridized carbons (Fsp3) is 0.500. The zero-order valence-electron chi connectivity index (χ0n) is 12.2. The van der Waals surface area contributed by atoms with Crippen LogP contribution < -0.4 is 5.32 Å². The van der Waals surface area contributed by atoms with E-state index >= 15 is 0 Å². The van der Waals surface area contributed by atoms with Gasteiger partial charge in [0.15, 0.2) is 5.13 Å². The molecule has 19 heavy (non-hydrogen) atoms. The number of hydrogen-bond acceptors (Lipinski definition) is 4. The lowest BCUT2D eigenvalue weighted by atomic mass is 10.2. The summed E-state index contributed by atoms with van der Waals surface area (Å²) in [6, 6.07) is 2.45. The Balaban J connectivity index is 2.19. The second-order valence-electron chi connectivity index (χ2n) is 4.88. The summed E-state index contributed by atoms with van der Waals surface area (Å²) in [4.78, 5) is 4.66. The van der Waals surface area contributed by atoms with Crippen molar-refractivity contribution in [1.82, 2.24) is 9.55 Å². The first-order valence-electron chi connectivity index (χ1n) is 6.37. The summed E-state index contributed by atoms with van der Waals surface area (Å²) in [5.41, 5.74) is 4.75. The van der Waals surface area contributed by atoms with Crippen molar-refractivity contribution in [3.8, 4) is 11.3 Å². The van der Waals surface area contributed by atoms with E-state index < -0.39 is 0 Å². The minimum Gasteiger partial charge on any atom is -0.383 e. The molecule has 0 aliphatic rings. The molecular formula is C14H21N3OS. The number of anilines is 1. The quantitative estimate of drug-likeness (QED) is 0.913. The van der Waals surface area contributed by atoms with Crippen LogP contribution in [0.4, 0.5) is 5.13 Å². The molecule has 2 rings (SSSR count). The van der Waals surface area contributed by atoms with Crippen LogP contribution in [0.3, 0.4) is 0 Å². The highest BCUT2D eigenvalue weighted by Gasteiger charge is 2.12. The van der Waals surface area contributed by atoms with Gasteiger partial charge in [0.05, 0.1) is 12.3 Å². The first-order chi connectivity index (χ1) is 9.02. The Morgan fingerprint density at radius 2 is 2.21 bits per heavy atom. The molecule has 5 heteroatoms. The molecule has 0 aromatic carbocycles. The molecule has 0 spiro atoms. The van der Waals surface area contributed by atoms with Crippen LogP contribution in [0, 0.1) is 13.8 Å². The van der Waals surface area contributed by atoms with E-state index in [1.165, 1.54) is 17.0 Å². The molecule has 2 aromatic rings. The smallest absolute Gasteiger partial charge is 0.183 e. The van der Waals surface area contributed by atoms with Crippen molar-refractivity contribution in [1.29, 1.82) is 0 Å². The maximum absolute atomic E-state index is 5.12. The van der Waals surface area contributed by atoms with Gasteiger partial charge in [-0.15, -0.1) is 11.3 Å². The Morgan fingerprint density at radius 1 is 1.47 bits per heavy atom. The molecule has 1 atom stereocenters. The van der Waals surface area contributed by atoms with Gasteiger partial charge in [-0.2, -0.15) is 0 Å². The molecule has 2 heterocycles. The monoisotopic (exact) mass is 279 g/mol. The second kappa shape index (κ2) is 5.75. The minimum absolute atomic E-state index is 0.266. The van der Waals surface area contributed by atoms with Crippen molar-refractivity contribution in [2.75, 3.05) is 19.0 Å². The van der Waals surface area contributed by atoms with Crippen molar-refractivity contribution < 1.29 is 4.74 Å². The van der Waals surface area contributed by atoms with Gasteiger partial charge in [0.2, 0.25) is 0 Å². The van der Waals surface area contributed by atoms with Crippen molar-refractivity contribution in [3.63, 3.8) is 0 Å².